The number of anilines is 1. The van der Waals surface area contributed by atoms with Crippen LogP contribution >= 0.6 is 0 Å². The molecule has 1 atom stereocenters. The number of H-pyrrole nitrogens is 1. The zero-order valence-corrected chi connectivity index (χ0v) is 13.4. The summed E-state index contributed by atoms with van der Waals surface area (Å²) in [5, 5.41) is 0. The summed E-state index contributed by atoms with van der Waals surface area (Å²) in [6.07, 6.45) is 3.55. The second-order valence-electron chi connectivity index (χ2n) is 6.50. The fourth-order valence-corrected chi connectivity index (χ4v) is 2.81. The van der Waals surface area contributed by atoms with Crippen LogP contribution in [0.2, 0.25) is 0 Å². The fourth-order valence-electron chi connectivity index (χ4n) is 2.81. The first-order valence-corrected chi connectivity index (χ1v) is 7.80. The number of piperidine rings is 1. The van der Waals surface area contributed by atoms with Crippen LogP contribution in [-0.4, -0.2) is 38.7 Å². The Kier molecular flexibility index (Phi) is 3.76. The minimum absolute atomic E-state index is 0.417. The van der Waals surface area contributed by atoms with Crippen molar-refractivity contribution in [1.29, 1.82) is 0 Å². The molecule has 22 heavy (non-hydrogen) atoms. The molecule has 0 amide bonds. The van der Waals surface area contributed by atoms with Crippen LogP contribution in [0.4, 0.5) is 10.2 Å². The lowest BCUT2D eigenvalue weighted by Gasteiger charge is -2.27. The first-order valence-electron chi connectivity index (χ1n) is 7.80. The molecule has 0 aromatic carbocycles. The van der Waals surface area contributed by atoms with Crippen LogP contribution in [0.5, 0.6) is 0 Å². The highest BCUT2D eigenvalue weighted by Crippen LogP contribution is 2.29. The number of imidazole rings is 1. The van der Waals surface area contributed by atoms with E-state index in [-0.39, 0.29) is 0 Å². The number of rotatable bonds is 3. The molecule has 2 aromatic heterocycles. The largest absolute Gasteiger partial charge is 0.355 e. The number of nitrogens with zero attached hydrogens (tertiary/aromatic N) is 4. The summed E-state index contributed by atoms with van der Waals surface area (Å²) in [6.45, 7) is 6.69. The summed E-state index contributed by atoms with van der Waals surface area (Å²) in [4.78, 5) is 18.7. The Balaban J connectivity index is 2.07. The molecule has 3 heterocycles. The SMILES string of the molecule is Cc1nc(N2CCCCC2)c2nc(C(N)C(C)(C)F)[nH]c2n1. The Bertz CT molecular complexity index is 668. The van der Waals surface area contributed by atoms with E-state index >= 15 is 0 Å². The number of aryl methyl sites for hydroxylation is 1. The van der Waals surface area contributed by atoms with Crippen molar-refractivity contribution in [2.24, 2.45) is 5.73 Å². The highest BCUT2D eigenvalue weighted by atomic mass is 19.1. The summed E-state index contributed by atoms with van der Waals surface area (Å²) in [5.41, 5.74) is 5.73. The third-order valence-electron chi connectivity index (χ3n) is 4.15. The lowest BCUT2D eigenvalue weighted by molar-refractivity contribution is 0.170. The van der Waals surface area contributed by atoms with Crippen molar-refractivity contribution >= 4 is 17.0 Å². The smallest absolute Gasteiger partial charge is 0.163 e. The summed E-state index contributed by atoms with van der Waals surface area (Å²) >= 11 is 0. The van der Waals surface area contributed by atoms with Gasteiger partial charge in [-0.2, -0.15) is 0 Å². The van der Waals surface area contributed by atoms with E-state index in [1.165, 1.54) is 20.3 Å². The molecule has 1 aliphatic heterocycles. The second-order valence-corrected chi connectivity index (χ2v) is 6.50. The van der Waals surface area contributed by atoms with Crippen LogP contribution < -0.4 is 10.6 Å². The minimum Gasteiger partial charge on any atom is -0.355 e. The maximum atomic E-state index is 14.1. The van der Waals surface area contributed by atoms with E-state index < -0.39 is 11.7 Å². The lowest BCUT2D eigenvalue weighted by Crippen LogP contribution is -2.32. The van der Waals surface area contributed by atoms with E-state index in [4.69, 9.17) is 5.73 Å². The fraction of sp³-hybridized carbons (Fsp3) is 0.667. The third kappa shape index (κ3) is 2.77. The van der Waals surface area contributed by atoms with Crippen molar-refractivity contribution in [1.82, 2.24) is 19.9 Å². The molecule has 1 saturated heterocycles. The molecule has 6 nitrogen and oxygen atoms in total. The summed E-state index contributed by atoms with van der Waals surface area (Å²) in [7, 11) is 0. The quantitative estimate of drug-likeness (QED) is 0.909. The maximum Gasteiger partial charge on any atom is 0.163 e. The van der Waals surface area contributed by atoms with Gasteiger partial charge in [-0.15, -0.1) is 0 Å². The number of hydrogen-bond donors (Lipinski definition) is 2. The van der Waals surface area contributed by atoms with Gasteiger partial charge in [0.05, 0.1) is 6.04 Å². The van der Waals surface area contributed by atoms with Crippen molar-refractivity contribution in [3.63, 3.8) is 0 Å². The molecule has 0 aliphatic carbocycles. The van der Waals surface area contributed by atoms with Gasteiger partial charge in [0.2, 0.25) is 0 Å². The summed E-state index contributed by atoms with van der Waals surface area (Å²) in [6, 6.07) is -0.823. The monoisotopic (exact) mass is 306 g/mol. The molecule has 2 aromatic rings. The number of aromatic nitrogens is 4. The number of nitrogens with two attached hydrogens (primary N) is 1. The van der Waals surface area contributed by atoms with E-state index in [0.29, 0.717) is 22.8 Å². The van der Waals surface area contributed by atoms with Crippen molar-refractivity contribution in [2.45, 2.75) is 51.7 Å². The second kappa shape index (κ2) is 5.46. The third-order valence-corrected chi connectivity index (χ3v) is 4.15. The molecule has 0 spiro atoms. The molecule has 0 bridgehead atoms. The number of aromatic amines is 1. The lowest BCUT2D eigenvalue weighted by atomic mass is 10.0. The van der Waals surface area contributed by atoms with E-state index in [2.05, 4.69) is 24.8 Å². The predicted octanol–water partition coefficient (Wildman–Crippen LogP) is 2.40. The van der Waals surface area contributed by atoms with Gasteiger partial charge >= 0.3 is 0 Å². The Labute approximate surface area is 129 Å². The Hall–Kier alpha value is -1.76. The zero-order valence-electron chi connectivity index (χ0n) is 13.4. The Morgan fingerprint density at radius 2 is 1.86 bits per heavy atom. The van der Waals surface area contributed by atoms with Crippen molar-refractivity contribution < 1.29 is 4.39 Å². The van der Waals surface area contributed by atoms with Crippen molar-refractivity contribution in [3.8, 4) is 0 Å². The van der Waals surface area contributed by atoms with Gasteiger partial charge in [-0.05, 0) is 40.0 Å². The molecule has 3 rings (SSSR count). The van der Waals surface area contributed by atoms with E-state index in [1.807, 2.05) is 6.92 Å². The molecule has 1 fully saturated rings. The molecule has 1 aliphatic rings. The predicted molar refractivity (Wildman–Crippen MR) is 84.6 cm³/mol. The zero-order chi connectivity index (χ0) is 15.9. The van der Waals surface area contributed by atoms with Gasteiger partial charge in [-0.1, -0.05) is 0 Å². The molecule has 7 heteroatoms. The molecule has 0 radical (unpaired) electrons. The van der Waals surface area contributed by atoms with Crippen LogP contribution in [0, 0.1) is 6.92 Å². The highest BCUT2D eigenvalue weighted by Gasteiger charge is 2.30. The minimum atomic E-state index is -1.55. The van der Waals surface area contributed by atoms with E-state index in [1.54, 1.807) is 0 Å². The molecule has 0 saturated carbocycles. The standard InChI is InChI=1S/C15H23FN6/c1-9-18-12-10(14(19-9)22-7-5-4-6-8-22)20-13(21-12)11(17)15(2,3)16/h11H,4-8,17H2,1-3H3,(H,18,19,20,21). The number of halogens is 1. The van der Waals surface area contributed by atoms with Crippen molar-refractivity contribution in [3.05, 3.63) is 11.6 Å². The first kappa shape index (κ1) is 15.1. The molecular formula is C15H23FN6. The average molecular weight is 306 g/mol. The van der Waals surface area contributed by atoms with Crippen molar-refractivity contribution in [2.75, 3.05) is 18.0 Å². The summed E-state index contributed by atoms with van der Waals surface area (Å²) in [5.74, 6) is 1.92. The first-order chi connectivity index (χ1) is 10.4. The van der Waals surface area contributed by atoms with Gasteiger partial charge < -0.3 is 15.6 Å². The Morgan fingerprint density at radius 1 is 1.18 bits per heavy atom. The number of alkyl halides is 1. The van der Waals surface area contributed by atoms with Crippen LogP contribution in [-0.2, 0) is 0 Å². The van der Waals surface area contributed by atoms with Gasteiger partial charge in [0.25, 0.3) is 0 Å². The van der Waals surface area contributed by atoms with E-state index in [9.17, 15) is 4.39 Å². The number of nitrogens with one attached hydrogen (secondary N) is 1. The number of fused-ring (bicyclic) bond motifs is 1. The van der Waals surface area contributed by atoms with Crippen LogP contribution in [0.15, 0.2) is 0 Å². The van der Waals surface area contributed by atoms with E-state index in [0.717, 1.165) is 31.7 Å². The molecule has 1 unspecified atom stereocenters. The van der Waals surface area contributed by atoms with Crippen LogP contribution in [0.3, 0.4) is 0 Å². The average Bonchev–Trinajstić information content (AvgIpc) is 2.89. The Morgan fingerprint density at radius 3 is 2.50 bits per heavy atom. The van der Waals surface area contributed by atoms with Gasteiger partial charge in [-0.25, -0.2) is 19.3 Å². The molecule has 3 N–H and O–H groups in total. The summed E-state index contributed by atoms with van der Waals surface area (Å²) < 4.78 is 14.1. The van der Waals surface area contributed by atoms with Crippen LogP contribution in [0.25, 0.3) is 11.2 Å². The normalized spacial score (nSPS) is 18.0. The topological polar surface area (TPSA) is 83.7 Å². The van der Waals surface area contributed by atoms with Gasteiger partial charge in [-0.3, -0.25) is 0 Å². The molecular weight excluding hydrogens is 283 g/mol. The van der Waals surface area contributed by atoms with Crippen LogP contribution in [0.1, 0.15) is 50.8 Å². The highest BCUT2D eigenvalue weighted by molar-refractivity contribution is 5.83. The van der Waals surface area contributed by atoms with Gasteiger partial charge in [0, 0.05) is 13.1 Å². The van der Waals surface area contributed by atoms with Gasteiger partial charge in [0.15, 0.2) is 17.0 Å². The number of hydrogen-bond acceptors (Lipinski definition) is 5. The molecule has 120 valence electrons. The van der Waals surface area contributed by atoms with Gasteiger partial charge in [0.1, 0.15) is 17.3 Å². The maximum absolute atomic E-state index is 14.1.